The van der Waals surface area contributed by atoms with Crippen molar-refractivity contribution in [1.82, 2.24) is 10.6 Å². The van der Waals surface area contributed by atoms with Gasteiger partial charge >= 0.3 is 0 Å². The molecule has 0 bridgehead atoms. The van der Waals surface area contributed by atoms with Crippen LogP contribution >= 0.6 is 24.0 Å². The highest BCUT2D eigenvalue weighted by atomic mass is 127. The molecule has 2 rings (SSSR count). The van der Waals surface area contributed by atoms with Crippen molar-refractivity contribution in [2.75, 3.05) is 67.4 Å². The SMILES string of the molecule is CCNC(=NCCCOCC1CCOC1)NCCc1c(OC)cc(OC)cc1OC.I. The van der Waals surface area contributed by atoms with E-state index in [0.717, 1.165) is 75.3 Å². The van der Waals surface area contributed by atoms with Crippen LogP contribution in [0.2, 0.25) is 0 Å². The van der Waals surface area contributed by atoms with Crippen molar-refractivity contribution >= 4 is 29.9 Å². The van der Waals surface area contributed by atoms with Gasteiger partial charge in [0.1, 0.15) is 17.2 Å². The number of aliphatic imine (C=N–C) groups is 1. The largest absolute Gasteiger partial charge is 0.496 e. The van der Waals surface area contributed by atoms with Gasteiger partial charge in [-0.1, -0.05) is 0 Å². The molecule has 31 heavy (non-hydrogen) atoms. The molecule has 1 saturated heterocycles. The van der Waals surface area contributed by atoms with Crippen molar-refractivity contribution in [2.24, 2.45) is 10.9 Å². The number of nitrogens with zero attached hydrogens (tertiary/aromatic N) is 1. The van der Waals surface area contributed by atoms with Gasteiger partial charge in [-0.15, -0.1) is 24.0 Å². The average molecular weight is 551 g/mol. The third kappa shape index (κ3) is 9.69. The van der Waals surface area contributed by atoms with Crippen LogP contribution in [0.5, 0.6) is 17.2 Å². The zero-order chi connectivity index (χ0) is 21.6. The normalized spacial score (nSPS) is 15.9. The molecule has 2 N–H and O–H groups in total. The third-order valence-corrected chi connectivity index (χ3v) is 4.92. The number of nitrogens with one attached hydrogen (secondary N) is 2. The first kappa shape index (κ1) is 27.6. The van der Waals surface area contributed by atoms with Crippen LogP contribution < -0.4 is 24.8 Å². The maximum absolute atomic E-state index is 5.74. The Balaban J connectivity index is 0.00000480. The Labute approximate surface area is 203 Å². The Morgan fingerprint density at radius 3 is 2.45 bits per heavy atom. The number of hydrogen-bond donors (Lipinski definition) is 2. The number of benzene rings is 1. The molecule has 1 atom stereocenters. The van der Waals surface area contributed by atoms with Gasteiger partial charge in [-0.3, -0.25) is 4.99 Å². The van der Waals surface area contributed by atoms with Crippen molar-refractivity contribution < 1.29 is 23.7 Å². The van der Waals surface area contributed by atoms with Gasteiger partial charge in [0.2, 0.25) is 0 Å². The number of halogens is 1. The molecule has 178 valence electrons. The smallest absolute Gasteiger partial charge is 0.191 e. The summed E-state index contributed by atoms with van der Waals surface area (Å²) >= 11 is 0. The van der Waals surface area contributed by atoms with Gasteiger partial charge in [0.15, 0.2) is 5.96 Å². The van der Waals surface area contributed by atoms with Crippen molar-refractivity contribution in [3.8, 4) is 17.2 Å². The van der Waals surface area contributed by atoms with E-state index in [9.17, 15) is 0 Å². The molecule has 0 saturated carbocycles. The summed E-state index contributed by atoms with van der Waals surface area (Å²) in [6.45, 7) is 7.47. The Morgan fingerprint density at radius 1 is 1.13 bits per heavy atom. The highest BCUT2D eigenvalue weighted by Gasteiger charge is 2.15. The number of hydrogen-bond acceptors (Lipinski definition) is 6. The number of rotatable bonds is 13. The number of guanidine groups is 1. The standard InChI is InChI=1S/C22H37N3O5.HI/c1-5-23-22(24-9-6-11-29-15-17-8-12-30-16-17)25-10-7-19-20(27-3)13-18(26-2)14-21(19)28-4;/h13-14,17H,5-12,15-16H2,1-4H3,(H2,23,24,25);1H. The summed E-state index contributed by atoms with van der Waals surface area (Å²) in [5.74, 6) is 3.56. The summed E-state index contributed by atoms with van der Waals surface area (Å²) in [6.07, 6.45) is 2.73. The Hall–Kier alpha value is -1.46. The van der Waals surface area contributed by atoms with Crippen molar-refractivity contribution in [2.45, 2.75) is 26.2 Å². The zero-order valence-corrected chi connectivity index (χ0v) is 21.5. The molecule has 1 aliphatic rings. The van der Waals surface area contributed by atoms with Gasteiger partial charge in [0.05, 0.1) is 34.5 Å². The number of methoxy groups -OCH3 is 3. The highest BCUT2D eigenvalue weighted by Crippen LogP contribution is 2.34. The molecule has 1 aliphatic heterocycles. The van der Waals surface area contributed by atoms with E-state index in [1.54, 1.807) is 21.3 Å². The molecule has 0 aromatic heterocycles. The molecule has 0 aliphatic carbocycles. The van der Waals surface area contributed by atoms with Crippen LogP contribution in [0.25, 0.3) is 0 Å². The lowest BCUT2D eigenvalue weighted by molar-refractivity contribution is 0.0893. The predicted molar refractivity (Wildman–Crippen MR) is 134 cm³/mol. The maximum atomic E-state index is 5.74. The van der Waals surface area contributed by atoms with Crippen LogP contribution in [-0.4, -0.2) is 73.4 Å². The van der Waals surface area contributed by atoms with E-state index < -0.39 is 0 Å². The lowest BCUT2D eigenvalue weighted by Crippen LogP contribution is -2.38. The van der Waals surface area contributed by atoms with Gasteiger partial charge in [0, 0.05) is 56.5 Å². The first-order valence-electron chi connectivity index (χ1n) is 10.7. The van der Waals surface area contributed by atoms with E-state index in [0.29, 0.717) is 24.8 Å². The van der Waals surface area contributed by atoms with Crippen LogP contribution in [0.1, 0.15) is 25.3 Å². The van der Waals surface area contributed by atoms with Gasteiger partial charge in [-0.25, -0.2) is 0 Å². The van der Waals surface area contributed by atoms with Crippen LogP contribution in [0.15, 0.2) is 17.1 Å². The molecule has 1 unspecified atom stereocenters. The Bertz CT molecular complexity index is 629. The zero-order valence-electron chi connectivity index (χ0n) is 19.2. The van der Waals surface area contributed by atoms with Gasteiger partial charge < -0.3 is 34.3 Å². The second kappa shape index (κ2) is 16.2. The molecule has 0 amide bonds. The molecule has 8 nitrogen and oxygen atoms in total. The minimum absolute atomic E-state index is 0. The molecule has 1 fully saturated rings. The van der Waals surface area contributed by atoms with Gasteiger partial charge in [0.25, 0.3) is 0 Å². The van der Waals surface area contributed by atoms with E-state index in [-0.39, 0.29) is 24.0 Å². The topological polar surface area (TPSA) is 82.6 Å². The molecule has 0 radical (unpaired) electrons. The van der Waals surface area contributed by atoms with Crippen LogP contribution in [-0.2, 0) is 15.9 Å². The summed E-state index contributed by atoms with van der Waals surface area (Å²) in [7, 11) is 4.93. The fourth-order valence-electron chi connectivity index (χ4n) is 3.29. The first-order chi connectivity index (χ1) is 14.7. The van der Waals surface area contributed by atoms with Gasteiger partial charge in [-0.2, -0.15) is 0 Å². The second-order valence-electron chi connectivity index (χ2n) is 7.11. The van der Waals surface area contributed by atoms with E-state index in [1.807, 2.05) is 12.1 Å². The predicted octanol–water partition coefficient (Wildman–Crippen LogP) is 2.87. The van der Waals surface area contributed by atoms with Crippen molar-refractivity contribution in [3.63, 3.8) is 0 Å². The molecular weight excluding hydrogens is 513 g/mol. The summed E-state index contributed by atoms with van der Waals surface area (Å²) < 4.78 is 27.5. The van der Waals surface area contributed by atoms with Gasteiger partial charge in [-0.05, 0) is 26.2 Å². The third-order valence-electron chi connectivity index (χ3n) is 4.92. The summed E-state index contributed by atoms with van der Waals surface area (Å²) in [6, 6.07) is 3.74. The molecule has 1 heterocycles. The van der Waals surface area contributed by atoms with Crippen LogP contribution in [0.4, 0.5) is 0 Å². The van der Waals surface area contributed by atoms with E-state index in [2.05, 4.69) is 22.5 Å². The minimum atomic E-state index is 0. The van der Waals surface area contributed by atoms with Crippen LogP contribution in [0, 0.1) is 5.92 Å². The highest BCUT2D eigenvalue weighted by molar-refractivity contribution is 14.0. The van der Waals surface area contributed by atoms with Crippen molar-refractivity contribution in [3.05, 3.63) is 17.7 Å². The van der Waals surface area contributed by atoms with E-state index >= 15 is 0 Å². The quantitative estimate of drug-likeness (QED) is 0.169. The lowest BCUT2D eigenvalue weighted by atomic mass is 10.1. The summed E-state index contributed by atoms with van der Waals surface area (Å²) in [5.41, 5.74) is 0.994. The molecule has 1 aromatic rings. The Morgan fingerprint density at radius 2 is 1.87 bits per heavy atom. The maximum Gasteiger partial charge on any atom is 0.191 e. The first-order valence-corrected chi connectivity index (χ1v) is 10.7. The second-order valence-corrected chi connectivity index (χ2v) is 7.11. The summed E-state index contributed by atoms with van der Waals surface area (Å²) in [5, 5.41) is 6.65. The average Bonchev–Trinajstić information content (AvgIpc) is 3.29. The summed E-state index contributed by atoms with van der Waals surface area (Å²) in [4.78, 5) is 4.63. The lowest BCUT2D eigenvalue weighted by Gasteiger charge is -2.16. The molecular formula is C22H38IN3O5. The molecule has 0 spiro atoms. The monoisotopic (exact) mass is 551 g/mol. The Kier molecular flexibility index (Phi) is 14.4. The number of ether oxygens (including phenoxy) is 5. The van der Waals surface area contributed by atoms with Crippen LogP contribution in [0.3, 0.4) is 0 Å². The molecule has 1 aromatic carbocycles. The minimum Gasteiger partial charge on any atom is -0.496 e. The van der Waals surface area contributed by atoms with E-state index in [4.69, 9.17) is 23.7 Å². The fourth-order valence-corrected chi connectivity index (χ4v) is 3.29. The van der Waals surface area contributed by atoms with Crippen molar-refractivity contribution in [1.29, 1.82) is 0 Å². The van der Waals surface area contributed by atoms with E-state index in [1.165, 1.54) is 0 Å². The molecule has 9 heteroatoms. The fraction of sp³-hybridized carbons (Fsp3) is 0.682.